The molecule has 2 aliphatic heterocycles. The molecule has 0 aliphatic carbocycles. The van der Waals surface area contributed by atoms with E-state index >= 15 is 0 Å². The molecule has 20 heavy (non-hydrogen) atoms. The number of carbonyl (C=O) groups is 1. The lowest BCUT2D eigenvalue weighted by Gasteiger charge is -2.22. The molecule has 0 bridgehead atoms. The molecule has 1 aromatic rings. The topological polar surface area (TPSA) is 53.2 Å². The van der Waals surface area contributed by atoms with Gasteiger partial charge in [0.2, 0.25) is 5.91 Å². The smallest absolute Gasteiger partial charge is 0.224 e. The molecule has 1 saturated heterocycles. The third kappa shape index (κ3) is 3.31. The van der Waals surface area contributed by atoms with Gasteiger partial charge in [0.05, 0.1) is 0 Å². The van der Waals surface area contributed by atoms with Gasteiger partial charge < -0.3 is 16.0 Å². The number of hydrogen-bond donors (Lipinski definition) is 3. The molecular weight excluding hydrogens is 250 g/mol. The van der Waals surface area contributed by atoms with E-state index in [0.717, 1.165) is 38.2 Å². The van der Waals surface area contributed by atoms with E-state index in [1.807, 2.05) is 6.07 Å². The Morgan fingerprint density at radius 2 is 2.10 bits per heavy atom. The predicted molar refractivity (Wildman–Crippen MR) is 82.1 cm³/mol. The van der Waals surface area contributed by atoms with Gasteiger partial charge in [0.25, 0.3) is 0 Å². The minimum absolute atomic E-state index is 0.148. The van der Waals surface area contributed by atoms with Crippen LogP contribution in [0.15, 0.2) is 18.2 Å². The zero-order valence-corrected chi connectivity index (χ0v) is 11.9. The standard InChI is InChI=1S/C16H23N3O/c20-16(4-1-12-5-8-17-9-6-12)19-14-2-3-15-13(11-14)7-10-18-15/h2-3,11-12,17-18H,1,4-10H2,(H,19,20). The Morgan fingerprint density at radius 1 is 1.25 bits per heavy atom. The highest BCUT2D eigenvalue weighted by atomic mass is 16.1. The van der Waals surface area contributed by atoms with Crippen molar-refractivity contribution in [2.24, 2.45) is 5.92 Å². The van der Waals surface area contributed by atoms with Gasteiger partial charge in [-0.05, 0) is 68.5 Å². The van der Waals surface area contributed by atoms with E-state index in [1.54, 1.807) is 0 Å². The zero-order chi connectivity index (χ0) is 13.8. The average molecular weight is 273 g/mol. The highest BCUT2D eigenvalue weighted by Crippen LogP contribution is 2.25. The Balaban J connectivity index is 1.48. The number of carbonyl (C=O) groups excluding carboxylic acids is 1. The molecule has 0 aromatic heterocycles. The summed E-state index contributed by atoms with van der Waals surface area (Å²) in [5.41, 5.74) is 3.45. The number of rotatable bonds is 4. The van der Waals surface area contributed by atoms with Crippen LogP contribution in [0.1, 0.15) is 31.2 Å². The van der Waals surface area contributed by atoms with E-state index in [0.29, 0.717) is 12.3 Å². The van der Waals surface area contributed by atoms with E-state index < -0.39 is 0 Å². The first-order valence-corrected chi connectivity index (χ1v) is 7.68. The number of nitrogens with one attached hydrogen (secondary N) is 3. The fourth-order valence-corrected chi connectivity index (χ4v) is 3.11. The van der Waals surface area contributed by atoms with Crippen LogP contribution < -0.4 is 16.0 Å². The first-order valence-electron chi connectivity index (χ1n) is 7.68. The van der Waals surface area contributed by atoms with Gasteiger partial charge in [0.1, 0.15) is 0 Å². The Labute approximate surface area is 120 Å². The maximum atomic E-state index is 12.0. The summed E-state index contributed by atoms with van der Waals surface area (Å²) < 4.78 is 0. The lowest BCUT2D eigenvalue weighted by molar-refractivity contribution is -0.116. The van der Waals surface area contributed by atoms with Crippen molar-refractivity contribution in [1.82, 2.24) is 5.32 Å². The number of amides is 1. The summed E-state index contributed by atoms with van der Waals surface area (Å²) in [5.74, 6) is 0.862. The van der Waals surface area contributed by atoms with Gasteiger partial charge in [-0.2, -0.15) is 0 Å². The summed E-state index contributed by atoms with van der Waals surface area (Å²) in [6, 6.07) is 6.14. The number of anilines is 2. The minimum Gasteiger partial charge on any atom is -0.384 e. The van der Waals surface area contributed by atoms with Crippen molar-refractivity contribution in [3.8, 4) is 0 Å². The summed E-state index contributed by atoms with van der Waals surface area (Å²) in [7, 11) is 0. The van der Waals surface area contributed by atoms with Crippen molar-refractivity contribution in [2.75, 3.05) is 30.3 Å². The van der Waals surface area contributed by atoms with Crippen molar-refractivity contribution < 1.29 is 4.79 Å². The second-order valence-electron chi connectivity index (χ2n) is 5.83. The molecule has 0 radical (unpaired) electrons. The molecule has 3 N–H and O–H groups in total. The minimum atomic E-state index is 0.148. The molecule has 2 heterocycles. The van der Waals surface area contributed by atoms with E-state index in [1.165, 1.54) is 24.1 Å². The maximum Gasteiger partial charge on any atom is 0.224 e. The van der Waals surface area contributed by atoms with Crippen molar-refractivity contribution in [3.05, 3.63) is 23.8 Å². The number of benzene rings is 1. The summed E-state index contributed by atoms with van der Waals surface area (Å²) in [6.07, 6.45) is 5.11. The van der Waals surface area contributed by atoms with Crippen LogP contribution in [0.25, 0.3) is 0 Å². The van der Waals surface area contributed by atoms with Gasteiger partial charge in [0, 0.05) is 24.3 Å². The zero-order valence-electron chi connectivity index (χ0n) is 11.9. The average Bonchev–Trinajstić information content (AvgIpc) is 2.94. The van der Waals surface area contributed by atoms with E-state index in [4.69, 9.17) is 0 Å². The quantitative estimate of drug-likeness (QED) is 0.789. The molecule has 1 fully saturated rings. The molecule has 1 aromatic carbocycles. The molecule has 0 atom stereocenters. The lowest BCUT2D eigenvalue weighted by atomic mass is 9.93. The molecule has 0 spiro atoms. The van der Waals surface area contributed by atoms with Gasteiger partial charge in [-0.25, -0.2) is 0 Å². The molecule has 108 valence electrons. The summed E-state index contributed by atoms with van der Waals surface area (Å²) in [6.45, 7) is 3.21. The van der Waals surface area contributed by atoms with Crippen LogP contribution in [0.2, 0.25) is 0 Å². The lowest BCUT2D eigenvalue weighted by Crippen LogP contribution is -2.28. The van der Waals surface area contributed by atoms with Crippen LogP contribution in [-0.4, -0.2) is 25.5 Å². The van der Waals surface area contributed by atoms with Gasteiger partial charge in [-0.15, -0.1) is 0 Å². The normalized spacial score (nSPS) is 18.4. The highest BCUT2D eigenvalue weighted by molar-refractivity contribution is 5.91. The summed E-state index contributed by atoms with van der Waals surface area (Å²) in [4.78, 5) is 12.0. The second-order valence-corrected chi connectivity index (χ2v) is 5.83. The van der Waals surface area contributed by atoms with Crippen molar-refractivity contribution in [3.63, 3.8) is 0 Å². The predicted octanol–water partition coefficient (Wildman–Crippen LogP) is 2.37. The molecule has 4 heteroatoms. The molecule has 3 rings (SSSR count). The summed E-state index contributed by atoms with van der Waals surface area (Å²) in [5, 5.41) is 9.72. The van der Waals surface area contributed by atoms with Crippen LogP contribution in [0.4, 0.5) is 11.4 Å². The summed E-state index contributed by atoms with van der Waals surface area (Å²) >= 11 is 0. The highest BCUT2D eigenvalue weighted by Gasteiger charge is 2.15. The fourth-order valence-electron chi connectivity index (χ4n) is 3.11. The largest absolute Gasteiger partial charge is 0.384 e. The Hall–Kier alpha value is -1.55. The Bertz CT molecular complexity index is 481. The molecule has 1 amide bonds. The van der Waals surface area contributed by atoms with Crippen molar-refractivity contribution in [2.45, 2.75) is 32.1 Å². The van der Waals surface area contributed by atoms with Crippen molar-refractivity contribution >= 4 is 17.3 Å². The van der Waals surface area contributed by atoms with Gasteiger partial charge >= 0.3 is 0 Å². The van der Waals surface area contributed by atoms with Gasteiger partial charge in [0.15, 0.2) is 0 Å². The van der Waals surface area contributed by atoms with Crippen LogP contribution in [-0.2, 0) is 11.2 Å². The molecule has 0 unspecified atom stereocenters. The number of piperidine rings is 1. The van der Waals surface area contributed by atoms with E-state index in [2.05, 4.69) is 28.1 Å². The fraction of sp³-hybridized carbons (Fsp3) is 0.562. The SMILES string of the molecule is O=C(CCC1CCNCC1)Nc1ccc2c(c1)CCN2. The molecule has 4 nitrogen and oxygen atoms in total. The van der Waals surface area contributed by atoms with E-state index in [9.17, 15) is 4.79 Å². The number of hydrogen-bond acceptors (Lipinski definition) is 3. The van der Waals surface area contributed by atoms with Crippen LogP contribution in [0.3, 0.4) is 0 Å². The van der Waals surface area contributed by atoms with Crippen LogP contribution in [0.5, 0.6) is 0 Å². The third-order valence-corrected chi connectivity index (χ3v) is 4.34. The Morgan fingerprint density at radius 3 is 2.95 bits per heavy atom. The maximum absolute atomic E-state index is 12.0. The van der Waals surface area contributed by atoms with Gasteiger partial charge in [-0.1, -0.05) is 0 Å². The number of fused-ring (bicyclic) bond motifs is 1. The monoisotopic (exact) mass is 273 g/mol. The molecular formula is C16H23N3O. The van der Waals surface area contributed by atoms with Gasteiger partial charge in [-0.3, -0.25) is 4.79 Å². The second kappa shape index (κ2) is 6.27. The molecule has 0 saturated carbocycles. The third-order valence-electron chi connectivity index (χ3n) is 4.34. The first kappa shape index (κ1) is 13.4. The molecule has 2 aliphatic rings. The van der Waals surface area contributed by atoms with Crippen molar-refractivity contribution in [1.29, 1.82) is 0 Å². The van der Waals surface area contributed by atoms with Crippen LogP contribution in [0, 0.1) is 5.92 Å². The van der Waals surface area contributed by atoms with Crippen LogP contribution >= 0.6 is 0 Å². The Kier molecular flexibility index (Phi) is 4.21. The van der Waals surface area contributed by atoms with E-state index in [-0.39, 0.29) is 5.91 Å². The first-order chi connectivity index (χ1) is 9.81.